The molecule has 3 atom stereocenters. The molecule has 0 N–H and O–H groups in total. The molecule has 1 unspecified atom stereocenters. The normalized spacial score (nSPS) is 31.2. The highest BCUT2D eigenvalue weighted by Gasteiger charge is 2.68. The van der Waals surface area contributed by atoms with E-state index in [2.05, 4.69) is 0 Å². The zero-order valence-electron chi connectivity index (χ0n) is 12.5. The largest absolute Gasteiger partial charge is 0.469 e. The van der Waals surface area contributed by atoms with Crippen molar-refractivity contribution in [3.63, 3.8) is 0 Å². The fourth-order valence-corrected chi connectivity index (χ4v) is 3.00. The van der Waals surface area contributed by atoms with Crippen molar-refractivity contribution < 1.29 is 23.9 Å². The van der Waals surface area contributed by atoms with Gasteiger partial charge in [-0.1, -0.05) is 27.7 Å². The molecule has 20 heavy (non-hydrogen) atoms. The van der Waals surface area contributed by atoms with Crippen molar-refractivity contribution in [3.05, 3.63) is 0 Å². The number of hydrogen-bond acceptors (Lipinski definition) is 5. The average Bonchev–Trinajstić information content (AvgIpc) is 2.74. The van der Waals surface area contributed by atoms with Crippen LogP contribution >= 0.6 is 0 Å². The van der Waals surface area contributed by atoms with E-state index in [0.29, 0.717) is 0 Å². The van der Waals surface area contributed by atoms with Crippen LogP contribution in [0.5, 0.6) is 0 Å². The van der Waals surface area contributed by atoms with Crippen LogP contribution in [0.2, 0.25) is 0 Å². The van der Waals surface area contributed by atoms with E-state index >= 15 is 0 Å². The number of methoxy groups -OCH3 is 1. The Bertz CT molecular complexity index is 456. The molecule has 1 saturated heterocycles. The highest BCUT2D eigenvalue weighted by Crippen LogP contribution is 2.59. The van der Waals surface area contributed by atoms with Gasteiger partial charge in [-0.05, 0) is 11.3 Å². The van der Waals surface area contributed by atoms with Crippen molar-refractivity contribution in [2.24, 2.45) is 23.2 Å². The van der Waals surface area contributed by atoms with Gasteiger partial charge in [-0.3, -0.25) is 9.59 Å². The number of nitrogens with zero attached hydrogens (tertiary/aromatic N) is 1. The van der Waals surface area contributed by atoms with Gasteiger partial charge in [-0.2, -0.15) is 0 Å². The van der Waals surface area contributed by atoms with E-state index in [1.54, 1.807) is 0 Å². The van der Waals surface area contributed by atoms with Crippen molar-refractivity contribution in [3.8, 4) is 0 Å². The summed E-state index contributed by atoms with van der Waals surface area (Å²) in [7, 11) is 1.30. The Labute approximate surface area is 118 Å². The summed E-state index contributed by atoms with van der Waals surface area (Å²) >= 11 is 0. The lowest BCUT2D eigenvalue weighted by atomic mass is 10.0. The highest BCUT2D eigenvalue weighted by atomic mass is 16.6. The Kier molecular flexibility index (Phi) is 3.52. The molecular formula is C14H21NO5. The minimum Gasteiger partial charge on any atom is -0.469 e. The molecule has 112 valence electrons. The molecule has 0 spiro atoms. The second-order valence-corrected chi connectivity index (χ2v) is 6.40. The molecule has 0 aromatic rings. The van der Waals surface area contributed by atoms with E-state index in [1.807, 2.05) is 27.7 Å². The van der Waals surface area contributed by atoms with Gasteiger partial charge in [-0.15, -0.1) is 0 Å². The zero-order valence-corrected chi connectivity index (χ0v) is 12.5. The number of hydrogen-bond donors (Lipinski definition) is 0. The van der Waals surface area contributed by atoms with Crippen LogP contribution < -0.4 is 0 Å². The summed E-state index contributed by atoms with van der Waals surface area (Å²) in [6, 6.07) is -0.260. The van der Waals surface area contributed by atoms with Crippen LogP contribution in [-0.4, -0.2) is 42.6 Å². The number of amides is 2. The number of rotatable bonds is 3. The maximum absolute atomic E-state index is 12.6. The first-order valence-electron chi connectivity index (χ1n) is 6.81. The fourth-order valence-electron chi connectivity index (χ4n) is 3.00. The van der Waals surface area contributed by atoms with Crippen LogP contribution in [0.25, 0.3) is 0 Å². The van der Waals surface area contributed by atoms with Gasteiger partial charge in [0.1, 0.15) is 6.61 Å². The van der Waals surface area contributed by atoms with Crippen LogP contribution in [-0.2, 0) is 19.1 Å². The Morgan fingerprint density at radius 3 is 2.45 bits per heavy atom. The van der Waals surface area contributed by atoms with Gasteiger partial charge in [0.15, 0.2) is 0 Å². The highest BCUT2D eigenvalue weighted by molar-refractivity contribution is 6.00. The molecule has 6 nitrogen and oxygen atoms in total. The Morgan fingerprint density at radius 1 is 1.35 bits per heavy atom. The quantitative estimate of drug-likeness (QED) is 0.733. The third-order valence-corrected chi connectivity index (χ3v) is 4.46. The molecular weight excluding hydrogens is 262 g/mol. The second-order valence-electron chi connectivity index (χ2n) is 6.40. The van der Waals surface area contributed by atoms with Crippen LogP contribution in [0.1, 0.15) is 27.7 Å². The molecule has 2 aliphatic rings. The average molecular weight is 283 g/mol. The lowest BCUT2D eigenvalue weighted by molar-refractivity contribution is -0.144. The minimum absolute atomic E-state index is 0.115. The van der Waals surface area contributed by atoms with Crippen molar-refractivity contribution >= 4 is 18.0 Å². The smallest absolute Gasteiger partial charge is 0.416 e. The number of ether oxygens (including phenoxy) is 2. The maximum atomic E-state index is 12.6. The molecule has 1 saturated carbocycles. The third-order valence-electron chi connectivity index (χ3n) is 4.46. The van der Waals surface area contributed by atoms with Crippen LogP contribution in [0.3, 0.4) is 0 Å². The van der Waals surface area contributed by atoms with Crippen LogP contribution in [0.15, 0.2) is 0 Å². The molecule has 2 rings (SSSR count). The van der Waals surface area contributed by atoms with E-state index in [-0.39, 0.29) is 24.5 Å². The Balaban J connectivity index is 2.20. The molecule has 0 aromatic heterocycles. The predicted octanol–water partition coefficient (Wildman–Crippen LogP) is 1.43. The summed E-state index contributed by atoms with van der Waals surface area (Å²) in [5.41, 5.74) is -0.478. The number of esters is 1. The standard InChI is InChI=1S/C14H21NO5/c1-7(2)8-6-20-13(18)15(8)11(16)9-10(12(17)19-5)14(9,3)4/h7-10H,6H2,1-5H3/t8-,9?,10-/m1/s1. The Morgan fingerprint density at radius 2 is 1.95 bits per heavy atom. The molecule has 2 amide bonds. The van der Waals surface area contributed by atoms with Gasteiger partial charge < -0.3 is 9.47 Å². The van der Waals surface area contributed by atoms with Gasteiger partial charge in [0.2, 0.25) is 5.91 Å². The van der Waals surface area contributed by atoms with Gasteiger partial charge in [0.25, 0.3) is 0 Å². The molecule has 0 aromatic carbocycles. The SMILES string of the molecule is COC(=O)[C@H]1C(C(=O)N2C(=O)OC[C@@H]2C(C)C)C1(C)C. The Hall–Kier alpha value is -1.59. The van der Waals surface area contributed by atoms with E-state index in [4.69, 9.17) is 9.47 Å². The summed E-state index contributed by atoms with van der Waals surface area (Å²) in [6.45, 7) is 7.76. The third kappa shape index (κ3) is 2.07. The first-order chi connectivity index (χ1) is 9.23. The van der Waals surface area contributed by atoms with E-state index < -0.39 is 29.3 Å². The summed E-state index contributed by atoms with van der Waals surface area (Å²) in [4.78, 5) is 37.3. The van der Waals surface area contributed by atoms with Gasteiger partial charge in [0.05, 0.1) is 25.0 Å². The first-order valence-corrected chi connectivity index (χ1v) is 6.81. The lowest BCUT2D eigenvalue weighted by Gasteiger charge is -2.23. The molecule has 1 heterocycles. The second kappa shape index (κ2) is 4.75. The van der Waals surface area contributed by atoms with E-state index in [1.165, 1.54) is 12.0 Å². The van der Waals surface area contributed by atoms with Gasteiger partial charge >= 0.3 is 12.1 Å². The van der Waals surface area contributed by atoms with Crippen LogP contribution in [0.4, 0.5) is 4.79 Å². The van der Waals surface area contributed by atoms with Crippen molar-refractivity contribution in [1.29, 1.82) is 0 Å². The minimum atomic E-state index is -0.611. The molecule has 2 fully saturated rings. The van der Waals surface area contributed by atoms with Crippen molar-refractivity contribution in [2.75, 3.05) is 13.7 Å². The molecule has 6 heteroatoms. The zero-order chi connectivity index (χ0) is 15.2. The van der Waals surface area contributed by atoms with Crippen LogP contribution in [0, 0.1) is 23.2 Å². The van der Waals surface area contributed by atoms with Crippen molar-refractivity contribution in [2.45, 2.75) is 33.7 Å². The first kappa shape index (κ1) is 14.8. The molecule has 0 bridgehead atoms. The number of carbonyl (C=O) groups is 3. The maximum Gasteiger partial charge on any atom is 0.416 e. The number of cyclic esters (lactones) is 1. The van der Waals surface area contributed by atoms with E-state index in [9.17, 15) is 14.4 Å². The topological polar surface area (TPSA) is 72.9 Å². The fraction of sp³-hybridized carbons (Fsp3) is 0.786. The molecule has 1 aliphatic heterocycles. The summed E-state index contributed by atoms with van der Waals surface area (Å²) in [6.07, 6.45) is -0.611. The monoisotopic (exact) mass is 283 g/mol. The summed E-state index contributed by atoms with van der Waals surface area (Å²) < 4.78 is 9.71. The predicted molar refractivity (Wildman–Crippen MR) is 69.6 cm³/mol. The summed E-state index contributed by atoms with van der Waals surface area (Å²) in [5, 5.41) is 0. The molecule has 0 radical (unpaired) electrons. The summed E-state index contributed by atoms with van der Waals surface area (Å²) in [5.74, 6) is -1.61. The van der Waals surface area contributed by atoms with Gasteiger partial charge in [-0.25, -0.2) is 9.69 Å². The number of carbonyl (C=O) groups excluding carboxylic acids is 3. The van der Waals surface area contributed by atoms with Gasteiger partial charge in [0, 0.05) is 0 Å². The number of imide groups is 1. The van der Waals surface area contributed by atoms with Crippen molar-refractivity contribution in [1.82, 2.24) is 4.90 Å². The van der Waals surface area contributed by atoms with E-state index in [0.717, 1.165) is 0 Å². The lowest BCUT2D eigenvalue weighted by Crippen LogP contribution is -2.43. The molecule has 1 aliphatic carbocycles.